The van der Waals surface area contributed by atoms with E-state index in [1.807, 2.05) is 72.1 Å². The van der Waals surface area contributed by atoms with Crippen molar-refractivity contribution < 1.29 is 9.53 Å². The summed E-state index contributed by atoms with van der Waals surface area (Å²) in [6, 6.07) is 15.8. The molecule has 38 heavy (non-hydrogen) atoms. The monoisotopic (exact) mass is 505 g/mol. The molecule has 9 heteroatoms. The lowest BCUT2D eigenvalue weighted by molar-refractivity contribution is -0.114. The first-order valence-corrected chi connectivity index (χ1v) is 12.6. The van der Waals surface area contributed by atoms with Crippen LogP contribution in [0.5, 0.6) is 11.5 Å². The summed E-state index contributed by atoms with van der Waals surface area (Å²) < 4.78 is 7.92. The zero-order valence-corrected chi connectivity index (χ0v) is 21.0. The number of ketones is 1. The zero-order valence-electron chi connectivity index (χ0n) is 21.0. The summed E-state index contributed by atoms with van der Waals surface area (Å²) in [5.74, 6) is 2.19. The minimum Gasteiger partial charge on any atom is -0.457 e. The van der Waals surface area contributed by atoms with E-state index < -0.39 is 0 Å². The van der Waals surface area contributed by atoms with Crippen molar-refractivity contribution in [2.45, 2.75) is 32.2 Å². The Balaban J connectivity index is 1.18. The van der Waals surface area contributed by atoms with E-state index in [1.165, 1.54) is 6.33 Å². The van der Waals surface area contributed by atoms with Crippen molar-refractivity contribution in [1.29, 1.82) is 0 Å². The summed E-state index contributed by atoms with van der Waals surface area (Å²) in [7, 11) is 0. The minimum absolute atomic E-state index is 0.0822. The highest BCUT2D eigenvalue weighted by Crippen LogP contribution is 2.30. The zero-order chi connectivity index (χ0) is 25.9. The average Bonchev–Trinajstić information content (AvgIpc) is 3.61. The Hall–Kier alpha value is -4.63. The third-order valence-corrected chi connectivity index (χ3v) is 6.63. The van der Waals surface area contributed by atoms with E-state index in [9.17, 15) is 4.79 Å². The van der Waals surface area contributed by atoms with Gasteiger partial charge in [-0.2, -0.15) is 0 Å². The SMILES string of the molecule is Cc1cc(Nc2ncnc3ccc(CC(=O)/C=C/[C@H]4CCCN4)cc23)ccc1Oc1ccn2cnnc2c1. The van der Waals surface area contributed by atoms with Gasteiger partial charge in [-0.15, -0.1) is 10.2 Å². The Labute approximate surface area is 219 Å². The van der Waals surface area contributed by atoms with E-state index in [0.717, 1.165) is 58.5 Å². The maximum absolute atomic E-state index is 12.6. The second kappa shape index (κ2) is 10.4. The predicted octanol–water partition coefficient (Wildman–Crippen LogP) is 4.94. The lowest BCUT2D eigenvalue weighted by atomic mass is 10.0. The third-order valence-electron chi connectivity index (χ3n) is 6.63. The molecule has 4 heterocycles. The fraction of sp³-hybridized carbons (Fsp3) is 0.207. The molecular formula is C29H27N7O2. The molecule has 1 aliphatic heterocycles. The largest absolute Gasteiger partial charge is 0.457 e. The number of ether oxygens (including phenoxy) is 1. The van der Waals surface area contributed by atoms with Gasteiger partial charge in [0, 0.05) is 35.8 Å². The molecule has 0 bridgehead atoms. The molecule has 6 rings (SSSR count). The van der Waals surface area contributed by atoms with Crippen LogP contribution in [0.3, 0.4) is 0 Å². The number of allylic oxidation sites excluding steroid dienone is 1. The van der Waals surface area contributed by atoms with Crippen LogP contribution in [-0.4, -0.2) is 42.9 Å². The molecule has 0 radical (unpaired) electrons. The van der Waals surface area contributed by atoms with Crippen molar-refractivity contribution in [3.05, 3.63) is 90.7 Å². The van der Waals surface area contributed by atoms with Crippen molar-refractivity contribution in [2.75, 3.05) is 11.9 Å². The molecule has 1 atom stereocenters. The van der Waals surface area contributed by atoms with E-state index in [-0.39, 0.29) is 5.78 Å². The molecule has 5 aromatic rings. The van der Waals surface area contributed by atoms with Crippen molar-refractivity contribution in [3.8, 4) is 11.5 Å². The fourth-order valence-corrected chi connectivity index (χ4v) is 4.64. The number of pyridine rings is 1. The number of anilines is 2. The van der Waals surface area contributed by atoms with Gasteiger partial charge in [-0.3, -0.25) is 9.20 Å². The van der Waals surface area contributed by atoms with Crippen LogP contribution >= 0.6 is 0 Å². The van der Waals surface area contributed by atoms with Gasteiger partial charge in [-0.1, -0.05) is 12.1 Å². The molecular weight excluding hydrogens is 478 g/mol. The molecule has 0 spiro atoms. The van der Waals surface area contributed by atoms with Gasteiger partial charge in [0.15, 0.2) is 11.4 Å². The highest BCUT2D eigenvalue weighted by molar-refractivity contribution is 5.94. The molecule has 0 aliphatic carbocycles. The molecule has 9 nitrogen and oxygen atoms in total. The first kappa shape index (κ1) is 23.7. The number of hydrogen-bond donors (Lipinski definition) is 2. The first-order chi connectivity index (χ1) is 18.6. The molecule has 2 N–H and O–H groups in total. The van der Waals surface area contributed by atoms with E-state index in [4.69, 9.17) is 4.74 Å². The molecule has 0 saturated carbocycles. The van der Waals surface area contributed by atoms with Gasteiger partial charge in [0.2, 0.25) is 0 Å². The van der Waals surface area contributed by atoms with E-state index in [0.29, 0.717) is 24.0 Å². The number of carbonyl (C=O) groups excluding carboxylic acids is 1. The summed E-state index contributed by atoms with van der Waals surface area (Å²) in [6.45, 7) is 3.01. The number of nitrogens with zero attached hydrogens (tertiary/aromatic N) is 5. The van der Waals surface area contributed by atoms with E-state index >= 15 is 0 Å². The molecule has 190 valence electrons. The van der Waals surface area contributed by atoms with E-state index in [1.54, 1.807) is 12.4 Å². The summed E-state index contributed by atoms with van der Waals surface area (Å²) in [6.07, 6.45) is 11.3. The lowest BCUT2D eigenvalue weighted by Crippen LogP contribution is -2.18. The van der Waals surface area contributed by atoms with Gasteiger partial charge in [-0.25, -0.2) is 9.97 Å². The van der Waals surface area contributed by atoms with Gasteiger partial charge < -0.3 is 15.4 Å². The van der Waals surface area contributed by atoms with Gasteiger partial charge in [0.25, 0.3) is 0 Å². The van der Waals surface area contributed by atoms with Crippen LogP contribution in [0, 0.1) is 6.92 Å². The molecule has 0 amide bonds. The third kappa shape index (κ3) is 5.23. The molecule has 1 aliphatic rings. The second-order valence-electron chi connectivity index (χ2n) is 9.45. The van der Waals surface area contributed by atoms with Crippen molar-refractivity contribution in [1.82, 2.24) is 29.9 Å². The molecule has 3 aromatic heterocycles. The summed E-state index contributed by atoms with van der Waals surface area (Å²) >= 11 is 0. The molecule has 1 fully saturated rings. The van der Waals surface area contributed by atoms with Crippen LogP contribution in [-0.2, 0) is 11.2 Å². The number of nitrogens with one attached hydrogen (secondary N) is 2. The van der Waals surface area contributed by atoms with Gasteiger partial charge in [0.1, 0.15) is 30.0 Å². The number of aromatic nitrogens is 5. The van der Waals surface area contributed by atoms with Crippen LogP contribution in [0.1, 0.15) is 24.0 Å². The number of rotatable bonds is 8. The molecule has 0 unspecified atom stereocenters. The number of carbonyl (C=O) groups is 1. The highest BCUT2D eigenvalue weighted by Gasteiger charge is 2.12. The minimum atomic E-state index is 0.0822. The topological polar surface area (TPSA) is 106 Å². The quantitative estimate of drug-likeness (QED) is 0.286. The summed E-state index contributed by atoms with van der Waals surface area (Å²) in [4.78, 5) is 21.4. The van der Waals surface area contributed by atoms with Gasteiger partial charge in [-0.05, 0) is 79.9 Å². The van der Waals surface area contributed by atoms with E-state index in [2.05, 4.69) is 30.8 Å². The molecule has 1 saturated heterocycles. The Bertz CT molecular complexity index is 1650. The Morgan fingerprint density at radius 1 is 1.18 bits per heavy atom. The first-order valence-electron chi connectivity index (χ1n) is 12.6. The summed E-state index contributed by atoms with van der Waals surface area (Å²) in [5.41, 5.74) is 4.29. The van der Waals surface area contributed by atoms with Crippen LogP contribution < -0.4 is 15.4 Å². The van der Waals surface area contributed by atoms with Gasteiger partial charge >= 0.3 is 0 Å². The van der Waals surface area contributed by atoms with Crippen molar-refractivity contribution >= 4 is 33.8 Å². The lowest BCUT2D eigenvalue weighted by Gasteiger charge is -2.13. The predicted molar refractivity (Wildman–Crippen MR) is 146 cm³/mol. The fourth-order valence-electron chi connectivity index (χ4n) is 4.64. The number of fused-ring (bicyclic) bond motifs is 2. The Kier molecular flexibility index (Phi) is 6.49. The van der Waals surface area contributed by atoms with Gasteiger partial charge in [0.05, 0.1) is 5.52 Å². The van der Waals surface area contributed by atoms with Crippen LogP contribution in [0.4, 0.5) is 11.5 Å². The van der Waals surface area contributed by atoms with Crippen molar-refractivity contribution in [2.24, 2.45) is 0 Å². The van der Waals surface area contributed by atoms with Crippen molar-refractivity contribution in [3.63, 3.8) is 0 Å². The Morgan fingerprint density at radius 2 is 2.13 bits per heavy atom. The second-order valence-corrected chi connectivity index (χ2v) is 9.45. The van der Waals surface area contributed by atoms with Crippen LogP contribution in [0.25, 0.3) is 16.6 Å². The smallest absolute Gasteiger partial charge is 0.164 e. The maximum Gasteiger partial charge on any atom is 0.164 e. The number of hydrogen-bond acceptors (Lipinski definition) is 8. The molecule has 2 aromatic carbocycles. The number of benzene rings is 2. The Morgan fingerprint density at radius 3 is 3.00 bits per heavy atom. The van der Waals surface area contributed by atoms with Crippen LogP contribution in [0.15, 0.2) is 79.5 Å². The maximum atomic E-state index is 12.6. The number of aryl methyl sites for hydroxylation is 1. The normalized spacial score (nSPS) is 15.4. The summed E-state index contributed by atoms with van der Waals surface area (Å²) in [5, 5.41) is 15.6. The van der Waals surface area contributed by atoms with Crippen LogP contribution in [0.2, 0.25) is 0 Å². The standard InChI is InChI=1S/C29H27N7O2/c1-19-13-22(6-9-27(19)38-24-10-12-36-18-33-35-28(36)16-24)34-29-25-15-20(4-8-26(25)31-17-32-29)14-23(37)7-5-21-3-2-11-30-21/h4-10,12-13,15-18,21,30H,2-3,11,14H2,1H3,(H,31,32,34)/b7-5+/t21-/m1/s1. The highest BCUT2D eigenvalue weighted by atomic mass is 16.5. The average molecular weight is 506 g/mol.